The average Bonchev–Trinajstić information content (AvgIpc) is 2.40. The summed E-state index contributed by atoms with van der Waals surface area (Å²) in [7, 11) is 0. The molecule has 5 saturated carbocycles. The van der Waals surface area contributed by atoms with Crippen LogP contribution in [-0.2, 0) is 9.59 Å². The highest BCUT2D eigenvalue weighted by atomic mass is 16.1. The second kappa shape index (κ2) is 5.07. The smallest absolute Gasteiger partial charge is 0.220 e. The lowest BCUT2D eigenvalue weighted by atomic mass is 9.52. The maximum Gasteiger partial charge on any atom is 0.220 e. The van der Waals surface area contributed by atoms with E-state index in [1.807, 2.05) is 0 Å². The van der Waals surface area contributed by atoms with E-state index in [4.69, 9.17) is 0 Å². The first-order valence-electron chi connectivity index (χ1n) is 9.59. The highest BCUT2D eigenvalue weighted by molar-refractivity contribution is 5.82. The van der Waals surface area contributed by atoms with Gasteiger partial charge in [0.15, 0.2) is 0 Å². The van der Waals surface area contributed by atoms with E-state index in [1.165, 1.54) is 38.5 Å². The highest BCUT2D eigenvalue weighted by Gasteiger charge is 2.53. The molecule has 2 atom stereocenters. The molecule has 3 heteroatoms. The Morgan fingerprint density at radius 1 is 0.957 bits per heavy atom. The second-order valence-corrected chi connectivity index (χ2v) is 9.87. The average molecular weight is 317 g/mol. The van der Waals surface area contributed by atoms with Gasteiger partial charge in [0.2, 0.25) is 5.91 Å². The van der Waals surface area contributed by atoms with Crippen LogP contribution in [0.2, 0.25) is 0 Å². The maximum atomic E-state index is 12.7. The van der Waals surface area contributed by atoms with E-state index < -0.39 is 0 Å². The van der Waals surface area contributed by atoms with Crippen molar-refractivity contribution in [3.63, 3.8) is 0 Å². The van der Waals surface area contributed by atoms with Crippen molar-refractivity contribution in [3.8, 4) is 0 Å². The van der Waals surface area contributed by atoms with E-state index in [9.17, 15) is 9.59 Å². The van der Waals surface area contributed by atoms with Crippen molar-refractivity contribution in [3.05, 3.63) is 0 Å². The number of carbonyl (C=O) groups excluding carboxylic acids is 2. The van der Waals surface area contributed by atoms with Crippen LogP contribution in [0.4, 0.5) is 0 Å². The Bertz CT molecular complexity index is 500. The topological polar surface area (TPSA) is 46.2 Å². The summed E-state index contributed by atoms with van der Waals surface area (Å²) >= 11 is 0. The summed E-state index contributed by atoms with van der Waals surface area (Å²) < 4.78 is 0. The van der Waals surface area contributed by atoms with Crippen molar-refractivity contribution in [1.29, 1.82) is 0 Å². The van der Waals surface area contributed by atoms with Gasteiger partial charge in [-0.1, -0.05) is 13.8 Å². The van der Waals surface area contributed by atoms with Crippen molar-refractivity contribution in [2.45, 2.75) is 77.7 Å². The van der Waals surface area contributed by atoms with Crippen LogP contribution < -0.4 is 5.32 Å². The number of ketones is 1. The van der Waals surface area contributed by atoms with Crippen LogP contribution in [0.1, 0.15) is 72.1 Å². The number of amides is 1. The predicted molar refractivity (Wildman–Crippen MR) is 89.7 cm³/mol. The van der Waals surface area contributed by atoms with Crippen LogP contribution in [0, 0.1) is 35.0 Å². The highest BCUT2D eigenvalue weighted by Crippen LogP contribution is 2.56. The number of carbonyl (C=O) groups is 2. The standard InChI is InChI=1S/C20H31NO2/c1-12(22)17-7-16(19(17,2)3)8-18(23)21-20-9-13-4-14(10-20)6-15(5-13)11-20/h13-17H,4-11H2,1-3H3,(H,21,23)/t13?,14?,15?,16-,17+,20?/m1/s1. The van der Waals surface area contributed by atoms with Crippen molar-refractivity contribution >= 4 is 11.7 Å². The Kier molecular flexibility index (Phi) is 3.45. The lowest BCUT2D eigenvalue weighted by Crippen LogP contribution is -2.60. The van der Waals surface area contributed by atoms with E-state index in [0.29, 0.717) is 12.3 Å². The zero-order valence-corrected chi connectivity index (χ0v) is 14.9. The van der Waals surface area contributed by atoms with Gasteiger partial charge in [0.1, 0.15) is 5.78 Å². The largest absolute Gasteiger partial charge is 0.351 e. The van der Waals surface area contributed by atoms with Gasteiger partial charge in [0, 0.05) is 17.9 Å². The van der Waals surface area contributed by atoms with Gasteiger partial charge in [-0.3, -0.25) is 9.59 Å². The molecule has 5 rings (SSSR count). The molecule has 1 N–H and O–H groups in total. The molecule has 4 bridgehead atoms. The fourth-order valence-corrected chi connectivity index (χ4v) is 6.89. The second-order valence-electron chi connectivity index (χ2n) is 9.87. The van der Waals surface area contributed by atoms with Crippen molar-refractivity contribution in [1.82, 2.24) is 5.32 Å². The summed E-state index contributed by atoms with van der Waals surface area (Å²) in [5.74, 6) is 3.64. The third-order valence-electron chi connectivity index (χ3n) is 7.84. The van der Waals surface area contributed by atoms with Crippen molar-refractivity contribution in [2.24, 2.45) is 35.0 Å². The molecule has 0 saturated heterocycles. The monoisotopic (exact) mass is 317 g/mol. The summed E-state index contributed by atoms with van der Waals surface area (Å²) in [6, 6.07) is 0. The Morgan fingerprint density at radius 3 is 1.91 bits per heavy atom. The van der Waals surface area contributed by atoms with Gasteiger partial charge >= 0.3 is 0 Å². The third-order valence-corrected chi connectivity index (χ3v) is 7.84. The predicted octanol–water partition coefficient (Wildman–Crippen LogP) is 3.71. The number of hydrogen-bond donors (Lipinski definition) is 1. The Morgan fingerprint density at radius 2 is 1.48 bits per heavy atom. The fourth-order valence-electron chi connectivity index (χ4n) is 6.89. The quantitative estimate of drug-likeness (QED) is 0.859. The number of hydrogen-bond acceptors (Lipinski definition) is 2. The van der Waals surface area contributed by atoms with Crippen molar-refractivity contribution in [2.75, 3.05) is 0 Å². The molecule has 0 aromatic heterocycles. The first-order valence-corrected chi connectivity index (χ1v) is 9.59. The number of rotatable bonds is 4. The molecule has 0 heterocycles. The van der Waals surface area contributed by atoms with Crippen LogP contribution in [0.15, 0.2) is 0 Å². The summed E-state index contributed by atoms with van der Waals surface area (Å²) in [5.41, 5.74) is 0.115. The minimum atomic E-state index is -0.00928. The zero-order valence-electron chi connectivity index (χ0n) is 14.9. The molecule has 0 aliphatic heterocycles. The maximum absolute atomic E-state index is 12.7. The van der Waals surface area contributed by atoms with Gasteiger partial charge < -0.3 is 5.32 Å². The summed E-state index contributed by atoms with van der Waals surface area (Å²) in [6.45, 7) is 6.01. The SMILES string of the molecule is CC(=O)[C@@H]1C[C@H](CC(=O)NC23CC4CC(CC(C4)C2)C3)C1(C)C. The third kappa shape index (κ3) is 2.55. The molecule has 0 spiro atoms. The lowest BCUT2D eigenvalue weighted by molar-refractivity contribution is -0.142. The molecule has 5 fully saturated rings. The first kappa shape index (κ1) is 15.7. The molecule has 3 nitrogen and oxygen atoms in total. The summed E-state index contributed by atoms with van der Waals surface area (Å²) in [4.78, 5) is 24.4. The summed E-state index contributed by atoms with van der Waals surface area (Å²) in [5, 5.41) is 3.48. The molecule has 1 amide bonds. The molecule has 0 radical (unpaired) electrons. The molecule has 0 aromatic carbocycles. The molecule has 23 heavy (non-hydrogen) atoms. The Hall–Kier alpha value is -0.860. The summed E-state index contributed by atoms with van der Waals surface area (Å²) in [6.07, 6.45) is 9.38. The van der Waals surface area contributed by atoms with E-state index >= 15 is 0 Å². The van der Waals surface area contributed by atoms with Gasteiger partial charge in [-0.15, -0.1) is 0 Å². The van der Waals surface area contributed by atoms with Crippen LogP contribution in [0.5, 0.6) is 0 Å². The molecule has 5 aliphatic carbocycles. The van der Waals surface area contributed by atoms with Crippen LogP contribution in [-0.4, -0.2) is 17.2 Å². The molecular formula is C20H31NO2. The Balaban J connectivity index is 1.37. The first-order chi connectivity index (χ1) is 10.8. The Labute approximate surface area is 140 Å². The number of Topliss-reactive ketones (excluding diaryl/α,β-unsaturated/α-hetero) is 1. The minimum Gasteiger partial charge on any atom is -0.351 e. The normalized spacial score (nSPS) is 46.3. The van der Waals surface area contributed by atoms with E-state index in [2.05, 4.69) is 19.2 Å². The zero-order chi connectivity index (χ0) is 16.4. The van der Waals surface area contributed by atoms with Gasteiger partial charge in [-0.05, 0) is 81.0 Å². The molecule has 0 unspecified atom stereocenters. The van der Waals surface area contributed by atoms with Crippen molar-refractivity contribution < 1.29 is 9.59 Å². The molecule has 0 aromatic rings. The molecule has 5 aliphatic rings. The van der Waals surface area contributed by atoms with E-state index in [0.717, 1.165) is 24.2 Å². The van der Waals surface area contributed by atoms with Gasteiger partial charge in [0.25, 0.3) is 0 Å². The fraction of sp³-hybridized carbons (Fsp3) is 0.900. The molecule has 128 valence electrons. The molecular weight excluding hydrogens is 286 g/mol. The van der Waals surface area contributed by atoms with E-state index in [1.54, 1.807) is 6.92 Å². The van der Waals surface area contributed by atoms with Gasteiger partial charge in [0.05, 0.1) is 0 Å². The van der Waals surface area contributed by atoms with Gasteiger partial charge in [-0.25, -0.2) is 0 Å². The van der Waals surface area contributed by atoms with Crippen LogP contribution in [0.25, 0.3) is 0 Å². The van der Waals surface area contributed by atoms with Crippen LogP contribution >= 0.6 is 0 Å². The minimum absolute atomic E-state index is 0.00928. The van der Waals surface area contributed by atoms with Crippen LogP contribution in [0.3, 0.4) is 0 Å². The lowest BCUT2D eigenvalue weighted by Gasteiger charge is -2.57. The van der Waals surface area contributed by atoms with Gasteiger partial charge in [-0.2, -0.15) is 0 Å². The van der Waals surface area contributed by atoms with E-state index in [-0.39, 0.29) is 28.6 Å². The number of nitrogens with one attached hydrogen (secondary N) is 1.